The first-order chi connectivity index (χ1) is 7.98. The molecule has 1 aromatic carbocycles. The van der Waals surface area contributed by atoms with Gasteiger partial charge in [0.15, 0.2) is 0 Å². The lowest BCUT2D eigenvalue weighted by atomic mass is 9.90. The molecule has 0 amide bonds. The maximum Gasteiger partial charge on any atom is 0.304 e. The summed E-state index contributed by atoms with van der Waals surface area (Å²) in [6, 6.07) is 3.05. The molecular weight excluding hydrogens is 223 g/mol. The third-order valence-corrected chi connectivity index (χ3v) is 3.40. The van der Waals surface area contributed by atoms with Crippen molar-refractivity contribution in [2.24, 2.45) is 0 Å². The number of rotatable bonds is 4. The maximum atomic E-state index is 13.4. The van der Waals surface area contributed by atoms with Crippen molar-refractivity contribution < 1.29 is 19.0 Å². The minimum atomic E-state index is -0.827. The molecule has 3 nitrogen and oxygen atoms in total. The van der Waals surface area contributed by atoms with E-state index in [4.69, 9.17) is 9.84 Å². The van der Waals surface area contributed by atoms with Gasteiger partial charge < -0.3 is 9.84 Å². The first-order valence-corrected chi connectivity index (χ1v) is 5.55. The average molecular weight is 238 g/mol. The molecule has 1 aliphatic carbocycles. The Balaban J connectivity index is 2.44. The van der Waals surface area contributed by atoms with Crippen molar-refractivity contribution in [3.8, 4) is 5.75 Å². The van der Waals surface area contributed by atoms with Gasteiger partial charge in [0, 0.05) is 17.0 Å². The van der Waals surface area contributed by atoms with Crippen molar-refractivity contribution in [3.63, 3.8) is 0 Å². The van der Waals surface area contributed by atoms with E-state index < -0.39 is 5.97 Å². The largest absolute Gasteiger partial charge is 0.496 e. The summed E-state index contributed by atoms with van der Waals surface area (Å²) in [5.74, 6) is -0.699. The Morgan fingerprint density at radius 3 is 2.65 bits per heavy atom. The first kappa shape index (κ1) is 11.9. The molecule has 1 aliphatic rings. The van der Waals surface area contributed by atoms with E-state index in [0.717, 1.165) is 18.4 Å². The molecule has 0 aromatic heterocycles. The first-order valence-electron chi connectivity index (χ1n) is 5.55. The molecule has 92 valence electrons. The molecule has 0 bridgehead atoms. The molecule has 0 atom stereocenters. The molecule has 1 fully saturated rings. The van der Waals surface area contributed by atoms with Crippen LogP contribution in [0.15, 0.2) is 12.1 Å². The summed E-state index contributed by atoms with van der Waals surface area (Å²) in [5.41, 5.74) is 0.995. The molecule has 0 spiro atoms. The third kappa shape index (κ3) is 2.12. The zero-order valence-electron chi connectivity index (χ0n) is 9.92. The Morgan fingerprint density at radius 1 is 1.53 bits per heavy atom. The fraction of sp³-hybridized carbons (Fsp3) is 0.462. The molecule has 17 heavy (non-hydrogen) atoms. The highest BCUT2D eigenvalue weighted by Gasteiger charge is 2.47. The molecule has 1 N–H and O–H groups in total. The summed E-state index contributed by atoms with van der Waals surface area (Å²) in [4.78, 5) is 10.9. The fourth-order valence-electron chi connectivity index (χ4n) is 2.23. The van der Waals surface area contributed by atoms with Crippen molar-refractivity contribution >= 4 is 5.97 Å². The quantitative estimate of drug-likeness (QED) is 0.877. The summed E-state index contributed by atoms with van der Waals surface area (Å²) < 4.78 is 18.6. The second-order valence-corrected chi connectivity index (χ2v) is 4.65. The standard InChI is InChI=1S/C13H15FO3/c1-8-5-9(11(17-2)6-10(8)14)13(3-4-13)7-12(15)16/h5-6H,3-4,7H2,1-2H3,(H,15,16). The topological polar surface area (TPSA) is 46.5 Å². The molecule has 0 saturated heterocycles. The Hall–Kier alpha value is -1.58. The van der Waals surface area contributed by atoms with E-state index in [1.165, 1.54) is 13.2 Å². The van der Waals surface area contributed by atoms with Crippen molar-refractivity contribution in [1.82, 2.24) is 0 Å². The van der Waals surface area contributed by atoms with Gasteiger partial charge in [-0.3, -0.25) is 4.79 Å². The van der Waals surface area contributed by atoms with Crippen LogP contribution in [0.1, 0.15) is 30.4 Å². The van der Waals surface area contributed by atoms with Crippen molar-refractivity contribution in [3.05, 3.63) is 29.1 Å². The summed E-state index contributed by atoms with van der Waals surface area (Å²) >= 11 is 0. The number of carboxylic acids is 1. The minimum Gasteiger partial charge on any atom is -0.496 e. The molecule has 4 heteroatoms. The molecule has 0 aliphatic heterocycles. The van der Waals surface area contributed by atoms with Gasteiger partial charge in [0.25, 0.3) is 0 Å². The number of hydrogen-bond donors (Lipinski definition) is 1. The van der Waals surface area contributed by atoms with Crippen molar-refractivity contribution in [2.75, 3.05) is 7.11 Å². The number of aliphatic carboxylic acids is 1. The van der Waals surface area contributed by atoms with Crippen LogP contribution >= 0.6 is 0 Å². The number of ether oxygens (including phenoxy) is 1. The lowest BCUT2D eigenvalue weighted by molar-refractivity contribution is -0.137. The Kier molecular flexibility index (Phi) is 2.81. The number of hydrogen-bond acceptors (Lipinski definition) is 2. The molecule has 1 saturated carbocycles. The Bertz CT molecular complexity index is 464. The monoisotopic (exact) mass is 238 g/mol. The smallest absolute Gasteiger partial charge is 0.304 e. The predicted octanol–water partition coefficient (Wildman–Crippen LogP) is 2.65. The SMILES string of the molecule is COc1cc(F)c(C)cc1C1(CC(=O)O)CC1. The van der Waals surface area contributed by atoms with E-state index in [1.807, 2.05) is 0 Å². The molecule has 2 rings (SSSR count). The zero-order valence-corrected chi connectivity index (χ0v) is 9.92. The van der Waals surface area contributed by atoms with Gasteiger partial charge in [-0.15, -0.1) is 0 Å². The average Bonchev–Trinajstić information content (AvgIpc) is 3.01. The molecule has 0 radical (unpaired) electrons. The van der Waals surface area contributed by atoms with Gasteiger partial charge in [-0.05, 0) is 31.4 Å². The highest BCUT2D eigenvalue weighted by atomic mass is 19.1. The highest BCUT2D eigenvalue weighted by Crippen LogP contribution is 2.54. The predicted molar refractivity (Wildman–Crippen MR) is 60.9 cm³/mol. The number of methoxy groups -OCH3 is 1. The maximum absolute atomic E-state index is 13.4. The number of carbonyl (C=O) groups is 1. The van der Waals surface area contributed by atoms with Crippen LogP contribution in [0.5, 0.6) is 5.75 Å². The number of benzene rings is 1. The fourth-order valence-corrected chi connectivity index (χ4v) is 2.23. The van der Waals surface area contributed by atoms with Crippen molar-refractivity contribution in [2.45, 2.75) is 31.6 Å². The molecular formula is C13H15FO3. The van der Waals surface area contributed by atoms with E-state index >= 15 is 0 Å². The van der Waals surface area contributed by atoms with Crippen LogP contribution in [-0.2, 0) is 10.2 Å². The molecule has 0 unspecified atom stereocenters. The van der Waals surface area contributed by atoms with Crippen LogP contribution in [-0.4, -0.2) is 18.2 Å². The second-order valence-electron chi connectivity index (χ2n) is 4.65. The lowest BCUT2D eigenvalue weighted by Gasteiger charge is -2.18. The van der Waals surface area contributed by atoms with Crippen LogP contribution in [0.4, 0.5) is 4.39 Å². The summed E-state index contributed by atoms with van der Waals surface area (Å²) in [6.45, 7) is 1.68. The van der Waals surface area contributed by atoms with Crippen LogP contribution in [0.25, 0.3) is 0 Å². The number of halogens is 1. The van der Waals surface area contributed by atoms with Gasteiger partial charge in [-0.2, -0.15) is 0 Å². The Morgan fingerprint density at radius 2 is 2.18 bits per heavy atom. The van der Waals surface area contributed by atoms with E-state index in [9.17, 15) is 9.18 Å². The number of carboxylic acid groups (broad SMARTS) is 1. The van der Waals surface area contributed by atoms with E-state index in [0.29, 0.717) is 11.3 Å². The zero-order chi connectivity index (χ0) is 12.6. The van der Waals surface area contributed by atoms with E-state index in [-0.39, 0.29) is 17.7 Å². The normalized spacial score (nSPS) is 16.6. The highest BCUT2D eigenvalue weighted by molar-refractivity contribution is 5.70. The van der Waals surface area contributed by atoms with Gasteiger partial charge in [-0.25, -0.2) is 4.39 Å². The summed E-state index contributed by atoms with van der Waals surface area (Å²) in [5, 5.41) is 8.92. The van der Waals surface area contributed by atoms with Crippen LogP contribution in [0.3, 0.4) is 0 Å². The third-order valence-electron chi connectivity index (χ3n) is 3.40. The van der Waals surface area contributed by atoms with E-state index in [2.05, 4.69) is 0 Å². The second kappa shape index (κ2) is 4.02. The van der Waals surface area contributed by atoms with Crippen LogP contribution < -0.4 is 4.74 Å². The Labute approximate surface area is 99.2 Å². The van der Waals surface area contributed by atoms with Crippen LogP contribution in [0, 0.1) is 12.7 Å². The summed E-state index contributed by atoms with van der Waals surface area (Å²) in [7, 11) is 1.48. The lowest BCUT2D eigenvalue weighted by Crippen LogP contribution is -2.14. The van der Waals surface area contributed by atoms with Gasteiger partial charge in [0.2, 0.25) is 0 Å². The van der Waals surface area contributed by atoms with E-state index in [1.54, 1.807) is 13.0 Å². The van der Waals surface area contributed by atoms with Gasteiger partial charge >= 0.3 is 5.97 Å². The van der Waals surface area contributed by atoms with Gasteiger partial charge in [0.05, 0.1) is 13.5 Å². The van der Waals surface area contributed by atoms with Crippen molar-refractivity contribution in [1.29, 1.82) is 0 Å². The summed E-state index contributed by atoms with van der Waals surface area (Å²) in [6.07, 6.45) is 1.72. The minimum absolute atomic E-state index is 0.0778. The van der Waals surface area contributed by atoms with Gasteiger partial charge in [-0.1, -0.05) is 0 Å². The van der Waals surface area contributed by atoms with Crippen LogP contribution in [0.2, 0.25) is 0 Å². The number of aryl methyl sites for hydroxylation is 1. The molecule has 1 aromatic rings. The van der Waals surface area contributed by atoms with Gasteiger partial charge in [0.1, 0.15) is 11.6 Å². The molecule has 0 heterocycles.